The SMILES string of the molecule is c1ccc(CCCNCOC(c2ccccc2)c2ccccc2)cc1. The van der Waals surface area contributed by atoms with Crippen molar-refractivity contribution >= 4 is 0 Å². The molecule has 0 unspecified atom stereocenters. The van der Waals surface area contributed by atoms with E-state index in [1.165, 1.54) is 16.7 Å². The van der Waals surface area contributed by atoms with Crippen molar-refractivity contribution in [1.82, 2.24) is 5.32 Å². The Kier molecular flexibility index (Phi) is 6.80. The fourth-order valence-electron chi connectivity index (χ4n) is 2.92. The minimum Gasteiger partial charge on any atom is -0.354 e. The predicted molar refractivity (Wildman–Crippen MR) is 103 cm³/mol. The molecule has 0 fully saturated rings. The maximum Gasteiger partial charge on any atom is 0.109 e. The van der Waals surface area contributed by atoms with Gasteiger partial charge in [-0.2, -0.15) is 0 Å². The number of aryl methyl sites for hydroxylation is 1. The van der Waals surface area contributed by atoms with E-state index in [0.29, 0.717) is 6.73 Å². The van der Waals surface area contributed by atoms with Crippen LogP contribution in [0.1, 0.15) is 29.2 Å². The third kappa shape index (κ3) is 5.56. The molecule has 0 saturated carbocycles. The van der Waals surface area contributed by atoms with Gasteiger partial charge >= 0.3 is 0 Å². The summed E-state index contributed by atoms with van der Waals surface area (Å²) in [5, 5.41) is 3.40. The molecule has 0 radical (unpaired) electrons. The Morgan fingerprint density at radius 1 is 0.680 bits per heavy atom. The molecule has 2 heteroatoms. The standard InChI is InChI=1S/C23H25NO/c1-4-11-20(12-5-1)13-10-18-24-19-25-23(21-14-6-2-7-15-21)22-16-8-3-9-17-22/h1-9,11-12,14-17,23-24H,10,13,18-19H2. The summed E-state index contributed by atoms with van der Waals surface area (Å²) in [6, 6.07) is 31.4. The summed E-state index contributed by atoms with van der Waals surface area (Å²) in [5.41, 5.74) is 3.75. The van der Waals surface area contributed by atoms with E-state index < -0.39 is 0 Å². The Hall–Kier alpha value is -2.42. The molecule has 0 heterocycles. The first kappa shape index (κ1) is 17.4. The molecule has 3 aromatic carbocycles. The summed E-state index contributed by atoms with van der Waals surface area (Å²) < 4.78 is 6.16. The highest BCUT2D eigenvalue weighted by molar-refractivity contribution is 5.29. The van der Waals surface area contributed by atoms with E-state index in [1.54, 1.807) is 0 Å². The van der Waals surface area contributed by atoms with Gasteiger partial charge in [0.1, 0.15) is 6.10 Å². The second-order valence-corrected chi connectivity index (χ2v) is 6.10. The lowest BCUT2D eigenvalue weighted by Crippen LogP contribution is -2.22. The number of nitrogens with one attached hydrogen (secondary N) is 1. The van der Waals surface area contributed by atoms with Gasteiger partial charge in [0.2, 0.25) is 0 Å². The molecule has 1 N–H and O–H groups in total. The normalized spacial score (nSPS) is 10.9. The summed E-state index contributed by atoms with van der Waals surface area (Å²) in [6.45, 7) is 1.49. The summed E-state index contributed by atoms with van der Waals surface area (Å²) in [5.74, 6) is 0. The number of hydrogen-bond acceptors (Lipinski definition) is 2. The molecule has 0 spiro atoms. The van der Waals surface area contributed by atoms with Crippen LogP contribution in [0.5, 0.6) is 0 Å². The van der Waals surface area contributed by atoms with Crippen molar-refractivity contribution in [2.75, 3.05) is 13.3 Å². The van der Waals surface area contributed by atoms with Gasteiger partial charge in [-0.1, -0.05) is 91.0 Å². The molecular formula is C23H25NO. The van der Waals surface area contributed by atoms with Gasteiger partial charge in [-0.25, -0.2) is 0 Å². The van der Waals surface area contributed by atoms with Crippen LogP contribution in [-0.2, 0) is 11.2 Å². The fourth-order valence-corrected chi connectivity index (χ4v) is 2.92. The lowest BCUT2D eigenvalue weighted by Gasteiger charge is -2.19. The maximum absolute atomic E-state index is 6.16. The van der Waals surface area contributed by atoms with Crippen molar-refractivity contribution in [3.8, 4) is 0 Å². The van der Waals surface area contributed by atoms with Crippen LogP contribution in [0.3, 0.4) is 0 Å². The second kappa shape index (κ2) is 9.77. The van der Waals surface area contributed by atoms with Gasteiger partial charge in [-0.05, 0) is 36.1 Å². The predicted octanol–water partition coefficient (Wildman–Crippen LogP) is 4.97. The van der Waals surface area contributed by atoms with E-state index in [9.17, 15) is 0 Å². The van der Waals surface area contributed by atoms with Gasteiger partial charge in [0, 0.05) is 0 Å². The Bertz CT molecular complexity index is 673. The van der Waals surface area contributed by atoms with Gasteiger partial charge in [0.15, 0.2) is 0 Å². The Labute approximate surface area is 150 Å². The van der Waals surface area contributed by atoms with Crippen molar-refractivity contribution in [1.29, 1.82) is 0 Å². The van der Waals surface area contributed by atoms with E-state index in [1.807, 2.05) is 12.1 Å². The first-order chi connectivity index (χ1) is 12.4. The Morgan fingerprint density at radius 3 is 1.76 bits per heavy atom. The quantitative estimate of drug-likeness (QED) is 0.441. The molecule has 0 amide bonds. The van der Waals surface area contributed by atoms with Crippen molar-refractivity contribution in [2.45, 2.75) is 18.9 Å². The van der Waals surface area contributed by atoms with Crippen LogP contribution in [0.25, 0.3) is 0 Å². The lowest BCUT2D eigenvalue weighted by molar-refractivity contribution is 0.0655. The topological polar surface area (TPSA) is 21.3 Å². The monoisotopic (exact) mass is 331 g/mol. The average molecular weight is 331 g/mol. The number of rotatable bonds is 9. The summed E-state index contributed by atoms with van der Waals surface area (Å²) in [7, 11) is 0. The van der Waals surface area contributed by atoms with Crippen LogP contribution in [0.2, 0.25) is 0 Å². The Balaban J connectivity index is 1.48. The summed E-state index contributed by atoms with van der Waals surface area (Å²) in [4.78, 5) is 0. The zero-order valence-electron chi connectivity index (χ0n) is 14.5. The van der Waals surface area contributed by atoms with Crippen LogP contribution < -0.4 is 5.32 Å². The van der Waals surface area contributed by atoms with Crippen molar-refractivity contribution in [2.24, 2.45) is 0 Å². The van der Waals surface area contributed by atoms with E-state index in [2.05, 4.69) is 84.2 Å². The third-order valence-electron chi connectivity index (χ3n) is 4.22. The smallest absolute Gasteiger partial charge is 0.109 e. The molecule has 2 nitrogen and oxygen atoms in total. The van der Waals surface area contributed by atoms with Gasteiger partial charge in [-0.15, -0.1) is 0 Å². The van der Waals surface area contributed by atoms with Gasteiger partial charge < -0.3 is 4.74 Å². The number of ether oxygens (including phenoxy) is 1. The number of hydrogen-bond donors (Lipinski definition) is 1. The van der Waals surface area contributed by atoms with Crippen LogP contribution in [0.4, 0.5) is 0 Å². The highest BCUT2D eigenvalue weighted by Gasteiger charge is 2.13. The van der Waals surface area contributed by atoms with E-state index >= 15 is 0 Å². The molecule has 128 valence electrons. The molecule has 0 aliphatic carbocycles. The van der Waals surface area contributed by atoms with Gasteiger partial charge in [-0.3, -0.25) is 5.32 Å². The molecule has 3 rings (SSSR count). The minimum atomic E-state index is -0.0379. The molecule has 0 aromatic heterocycles. The highest BCUT2D eigenvalue weighted by atomic mass is 16.5. The van der Waals surface area contributed by atoms with Crippen molar-refractivity contribution in [3.05, 3.63) is 108 Å². The molecule has 0 atom stereocenters. The minimum absolute atomic E-state index is 0.0379. The third-order valence-corrected chi connectivity index (χ3v) is 4.22. The molecule has 0 bridgehead atoms. The molecule has 3 aromatic rings. The van der Waals surface area contributed by atoms with E-state index in [-0.39, 0.29) is 6.10 Å². The highest BCUT2D eigenvalue weighted by Crippen LogP contribution is 2.25. The van der Waals surface area contributed by atoms with Crippen molar-refractivity contribution < 1.29 is 4.74 Å². The molecule has 0 aliphatic rings. The zero-order valence-corrected chi connectivity index (χ0v) is 14.5. The van der Waals surface area contributed by atoms with Crippen LogP contribution >= 0.6 is 0 Å². The first-order valence-corrected chi connectivity index (χ1v) is 8.89. The largest absolute Gasteiger partial charge is 0.354 e. The van der Waals surface area contributed by atoms with Crippen LogP contribution in [0.15, 0.2) is 91.0 Å². The Morgan fingerprint density at radius 2 is 1.20 bits per heavy atom. The van der Waals surface area contributed by atoms with Gasteiger partial charge in [0.05, 0.1) is 6.73 Å². The maximum atomic E-state index is 6.16. The first-order valence-electron chi connectivity index (χ1n) is 8.89. The molecule has 25 heavy (non-hydrogen) atoms. The summed E-state index contributed by atoms with van der Waals surface area (Å²) >= 11 is 0. The second-order valence-electron chi connectivity index (χ2n) is 6.10. The summed E-state index contributed by atoms with van der Waals surface area (Å²) in [6.07, 6.45) is 2.16. The van der Waals surface area contributed by atoms with Crippen LogP contribution in [0, 0.1) is 0 Å². The van der Waals surface area contributed by atoms with Gasteiger partial charge in [0.25, 0.3) is 0 Å². The van der Waals surface area contributed by atoms with Crippen molar-refractivity contribution in [3.63, 3.8) is 0 Å². The lowest BCUT2D eigenvalue weighted by atomic mass is 10.0. The average Bonchev–Trinajstić information content (AvgIpc) is 2.69. The molecule has 0 saturated heterocycles. The van der Waals surface area contributed by atoms with Crippen LogP contribution in [-0.4, -0.2) is 13.3 Å². The molecular weight excluding hydrogens is 306 g/mol. The molecule has 0 aliphatic heterocycles. The zero-order chi connectivity index (χ0) is 17.2. The number of benzene rings is 3. The van der Waals surface area contributed by atoms with E-state index in [0.717, 1.165) is 19.4 Å². The fraction of sp³-hybridized carbons (Fsp3) is 0.217. The van der Waals surface area contributed by atoms with E-state index in [4.69, 9.17) is 4.74 Å².